The van der Waals surface area contributed by atoms with Gasteiger partial charge in [-0.1, -0.05) is 20.8 Å². The van der Waals surface area contributed by atoms with Crippen LogP contribution in [-0.2, 0) is 0 Å². The van der Waals surface area contributed by atoms with E-state index in [1.165, 1.54) is 0 Å². The lowest BCUT2D eigenvalue weighted by Gasteiger charge is -2.28. The van der Waals surface area contributed by atoms with Gasteiger partial charge >= 0.3 is 0 Å². The molecule has 0 aromatic carbocycles. The minimum absolute atomic E-state index is 0.0526. The molecule has 0 radical (unpaired) electrons. The molecule has 0 saturated carbocycles. The summed E-state index contributed by atoms with van der Waals surface area (Å²) >= 11 is 0. The Hall–Kier alpha value is -1.65. The van der Waals surface area contributed by atoms with Gasteiger partial charge in [-0.05, 0) is 26.2 Å². The first kappa shape index (κ1) is 16.4. The maximum Gasteiger partial charge on any atom is 0.274 e. The third-order valence-corrected chi connectivity index (χ3v) is 2.87. The van der Waals surface area contributed by atoms with Gasteiger partial charge in [0.05, 0.1) is 12.4 Å². The van der Waals surface area contributed by atoms with E-state index < -0.39 is 0 Å². The van der Waals surface area contributed by atoms with Crippen molar-refractivity contribution in [2.75, 3.05) is 18.4 Å². The molecule has 0 spiro atoms. The van der Waals surface area contributed by atoms with Crippen LogP contribution in [0.25, 0.3) is 0 Å². The summed E-state index contributed by atoms with van der Waals surface area (Å²) < 4.78 is 0. The summed E-state index contributed by atoms with van der Waals surface area (Å²) in [6.07, 6.45) is 4.20. The van der Waals surface area contributed by atoms with Crippen molar-refractivity contribution in [3.05, 3.63) is 18.1 Å². The summed E-state index contributed by atoms with van der Waals surface area (Å²) in [5.74, 6) is 1.09. The number of carbonyl (C=O) groups is 1. The van der Waals surface area contributed by atoms with E-state index in [0.717, 1.165) is 19.5 Å². The molecule has 1 aromatic rings. The van der Waals surface area contributed by atoms with E-state index in [2.05, 4.69) is 36.1 Å². The molecule has 0 aliphatic rings. The number of amides is 1. The first-order valence-electron chi connectivity index (χ1n) is 7.32. The third-order valence-electron chi connectivity index (χ3n) is 2.87. The zero-order valence-electron chi connectivity index (χ0n) is 13.2. The van der Waals surface area contributed by atoms with E-state index in [0.29, 0.717) is 17.4 Å². The van der Waals surface area contributed by atoms with E-state index >= 15 is 0 Å². The van der Waals surface area contributed by atoms with Gasteiger partial charge in [0, 0.05) is 19.1 Å². The minimum atomic E-state index is -0.0526. The SMILES string of the molecule is CCCNc1cnc(C(=O)N(CC(C)C)C(C)C)cn1. The Kier molecular flexibility index (Phi) is 6.42. The van der Waals surface area contributed by atoms with Gasteiger partial charge < -0.3 is 10.2 Å². The second-order valence-electron chi connectivity index (χ2n) is 5.66. The monoisotopic (exact) mass is 278 g/mol. The molecule has 1 aromatic heterocycles. The largest absolute Gasteiger partial charge is 0.369 e. The lowest BCUT2D eigenvalue weighted by atomic mass is 10.1. The van der Waals surface area contributed by atoms with Crippen molar-refractivity contribution in [3.63, 3.8) is 0 Å². The van der Waals surface area contributed by atoms with Crippen molar-refractivity contribution >= 4 is 11.7 Å². The molecule has 5 heteroatoms. The molecule has 1 amide bonds. The van der Waals surface area contributed by atoms with Crippen molar-refractivity contribution < 1.29 is 4.79 Å². The second kappa shape index (κ2) is 7.82. The lowest BCUT2D eigenvalue weighted by molar-refractivity contribution is 0.0675. The second-order valence-corrected chi connectivity index (χ2v) is 5.66. The molecule has 1 heterocycles. The average molecular weight is 278 g/mol. The van der Waals surface area contributed by atoms with Gasteiger partial charge in [0.2, 0.25) is 0 Å². The molecule has 0 saturated heterocycles. The molecular weight excluding hydrogens is 252 g/mol. The van der Waals surface area contributed by atoms with E-state index in [1.54, 1.807) is 12.4 Å². The fraction of sp³-hybridized carbons (Fsp3) is 0.667. The number of rotatable bonds is 7. The van der Waals surface area contributed by atoms with Crippen molar-refractivity contribution in [3.8, 4) is 0 Å². The molecule has 112 valence electrons. The molecule has 5 nitrogen and oxygen atoms in total. The number of hydrogen-bond acceptors (Lipinski definition) is 4. The number of nitrogens with zero attached hydrogens (tertiary/aromatic N) is 3. The van der Waals surface area contributed by atoms with Crippen LogP contribution in [0.4, 0.5) is 5.82 Å². The maximum absolute atomic E-state index is 12.5. The number of hydrogen-bond donors (Lipinski definition) is 1. The highest BCUT2D eigenvalue weighted by Gasteiger charge is 2.21. The summed E-state index contributed by atoms with van der Waals surface area (Å²) in [5.41, 5.74) is 0.404. The van der Waals surface area contributed by atoms with Crippen LogP contribution in [0.15, 0.2) is 12.4 Å². The first-order valence-corrected chi connectivity index (χ1v) is 7.32. The standard InChI is InChI=1S/C15H26N4O/c1-6-7-16-14-9-17-13(8-18-14)15(20)19(12(4)5)10-11(2)3/h8-9,11-12H,6-7,10H2,1-5H3,(H,16,18). The molecule has 1 N–H and O–H groups in total. The van der Waals surface area contributed by atoms with Crippen LogP contribution in [-0.4, -0.2) is 39.9 Å². The Balaban J connectivity index is 2.78. The van der Waals surface area contributed by atoms with Gasteiger partial charge in [-0.2, -0.15) is 0 Å². The van der Waals surface area contributed by atoms with Gasteiger partial charge in [0.1, 0.15) is 11.5 Å². The van der Waals surface area contributed by atoms with E-state index in [4.69, 9.17) is 0 Å². The number of carbonyl (C=O) groups excluding carboxylic acids is 1. The highest BCUT2D eigenvalue weighted by molar-refractivity contribution is 5.92. The van der Waals surface area contributed by atoms with Gasteiger partial charge in [0.15, 0.2) is 0 Å². The molecule has 0 aliphatic heterocycles. The molecule has 0 aliphatic carbocycles. The van der Waals surface area contributed by atoms with Crippen LogP contribution in [0.5, 0.6) is 0 Å². The predicted octanol–water partition coefficient (Wildman–Crippen LogP) is 2.81. The first-order chi connectivity index (χ1) is 9.45. The Labute approximate surface area is 121 Å². The lowest BCUT2D eigenvalue weighted by Crippen LogP contribution is -2.40. The van der Waals surface area contributed by atoms with E-state index in [-0.39, 0.29) is 11.9 Å². The van der Waals surface area contributed by atoms with Crippen molar-refractivity contribution in [1.29, 1.82) is 0 Å². The topological polar surface area (TPSA) is 58.1 Å². The smallest absolute Gasteiger partial charge is 0.274 e. The van der Waals surface area contributed by atoms with Crippen LogP contribution in [0.2, 0.25) is 0 Å². The highest BCUT2D eigenvalue weighted by Crippen LogP contribution is 2.10. The Morgan fingerprint density at radius 1 is 1.25 bits per heavy atom. The fourth-order valence-corrected chi connectivity index (χ4v) is 1.85. The molecule has 0 unspecified atom stereocenters. The summed E-state index contributed by atoms with van der Waals surface area (Å²) in [4.78, 5) is 22.8. The summed E-state index contributed by atoms with van der Waals surface area (Å²) in [6.45, 7) is 11.9. The average Bonchev–Trinajstić information content (AvgIpc) is 2.42. The quantitative estimate of drug-likeness (QED) is 0.833. The number of nitrogens with one attached hydrogen (secondary N) is 1. The molecule has 0 atom stereocenters. The summed E-state index contributed by atoms with van der Waals surface area (Å²) in [6, 6.07) is 0.157. The van der Waals surface area contributed by atoms with Gasteiger partial charge in [0.25, 0.3) is 5.91 Å². The zero-order chi connectivity index (χ0) is 15.1. The normalized spacial score (nSPS) is 10.9. The van der Waals surface area contributed by atoms with Crippen LogP contribution in [0, 0.1) is 5.92 Å². The molecule has 0 bridgehead atoms. The minimum Gasteiger partial charge on any atom is -0.369 e. The Morgan fingerprint density at radius 3 is 2.40 bits per heavy atom. The van der Waals surface area contributed by atoms with Crippen molar-refractivity contribution in [1.82, 2.24) is 14.9 Å². The summed E-state index contributed by atoms with van der Waals surface area (Å²) in [5, 5.41) is 3.15. The summed E-state index contributed by atoms with van der Waals surface area (Å²) in [7, 11) is 0. The van der Waals surface area contributed by atoms with Gasteiger partial charge in [-0.25, -0.2) is 9.97 Å². The third kappa shape index (κ3) is 4.79. The van der Waals surface area contributed by atoms with Gasteiger partial charge in [-0.3, -0.25) is 4.79 Å². The number of anilines is 1. The van der Waals surface area contributed by atoms with Crippen molar-refractivity contribution in [2.24, 2.45) is 5.92 Å². The van der Waals surface area contributed by atoms with Crippen molar-refractivity contribution in [2.45, 2.75) is 47.1 Å². The Morgan fingerprint density at radius 2 is 1.95 bits per heavy atom. The van der Waals surface area contributed by atoms with E-state index in [9.17, 15) is 4.79 Å². The predicted molar refractivity (Wildman–Crippen MR) is 81.8 cm³/mol. The maximum atomic E-state index is 12.5. The van der Waals surface area contributed by atoms with E-state index in [1.807, 2.05) is 18.7 Å². The molecule has 1 rings (SSSR count). The zero-order valence-corrected chi connectivity index (χ0v) is 13.2. The van der Waals surface area contributed by atoms with Crippen LogP contribution >= 0.6 is 0 Å². The fourth-order valence-electron chi connectivity index (χ4n) is 1.85. The molecule has 0 fully saturated rings. The number of aromatic nitrogens is 2. The molecule has 20 heavy (non-hydrogen) atoms. The van der Waals surface area contributed by atoms with Crippen LogP contribution < -0.4 is 5.32 Å². The Bertz CT molecular complexity index is 414. The van der Waals surface area contributed by atoms with Crippen LogP contribution in [0.3, 0.4) is 0 Å². The molecular formula is C15H26N4O. The highest BCUT2D eigenvalue weighted by atomic mass is 16.2. The van der Waals surface area contributed by atoms with Gasteiger partial charge in [-0.15, -0.1) is 0 Å². The van der Waals surface area contributed by atoms with Crippen LogP contribution in [0.1, 0.15) is 51.5 Å².